The molecule has 3 aliphatic rings. The van der Waals surface area contributed by atoms with Gasteiger partial charge in [0.25, 0.3) is 0 Å². The van der Waals surface area contributed by atoms with Crippen molar-refractivity contribution in [2.45, 2.75) is 234 Å². The molecule has 3 saturated heterocycles. The van der Waals surface area contributed by atoms with Crippen molar-refractivity contribution in [3.63, 3.8) is 0 Å². The van der Waals surface area contributed by atoms with Crippen LogP contribution < -0.4 is 31.9 Å². The lowest BCUT2D eigenvalue weighted by atomic mass is 9.88. The Bertz CT molecular complexity index is 2230. The third kappa shape index (κ3) is 33.9. The predicted octanol–water partition coefficient (Wildman–Crippen LogP) is -5.87. The summed E-state index contributed by atoms with van der Waals surface area (Å²) in [4.78, 5) is 103. The zero-order valence-corrected chi connectivity index (χ0v) is 56.7. The number of Topliss-reactive ketones (excluding diaryl/α,β-unsaturated/α-hetero) is 2. The van der Waals surface area contributed by atoms with E-state index in [4.69, 9.17) is 42.6 Å². The molecule has 35 heteroatoms. The molecule has 15 atom stereocenters. The van der Waals surface area contributed by atoms with Gasteiger partial charge in [-0.3, -0.25) is 38.4 Å². The van der Waals surface area contributed by atoms with Crippen molar-refractivity contribution < 1.29 is 142 Å². The van der Waals surface area contributed by atoms with Crippen LogP contribution in [0.3, 0.4) is 0 Å². The van der Waals surface area contributed by atoms with E-state index in [1.165, 1.54) is 0 Å². The number of aliphatic hydroxyl groups is 12. The Morgan fingerprint density at radius 2 is 0.663 bits per heavy atom. The second-order valence-corrected chi connectivity index (χ2v) is 25.6. The van der Waals surface area contributed by atoms with E-state index in [1.54, 1.807) is 20.8 Å². The summed E-state index contributed by atoms with van der Waals surface area (Å²) in [6.07, 6.45) is -17.8. The number of ketones is 2. The first-order valence-electron chi connectivity index (χ1n) is 33.9. The standard InChI is InChI=1S/C63H112N6O29/c1-62(2,3)43(74)14-10-17-49(80)69-63(36-90-29-19-46(77)64-22-7-4-13-39(73)18-32-95-61-58(89)55(86)52(83)42(35-72)98-61,37-91-30-20-47(78)67-25-11-23-65-44(75)15-5-8-27-93-59-56(87)53(84)50(81)40(33-70)96-59)38-92-31-21-48(79)68-26-12-24-66-45(76)16-6-9-28-94-60-57(88)54(85)51(82)41(34-71)97-60/h40-42,50-61,70-72,81-89H,4-38H2,1-3H3,(H,64,77)(H,65,75)(H,66,76)(H,67,78)(H,68,79)(H,69,80)/t40?,41?,42?,50-,51-,52-,53+,54+,55+,56?,57?,58?,59-,60-,61-,63?/m1/s1. The van der Waals surface area contributed by atoms with Gasteiger partial charge in [0.15, 0.2) is 18.9 Å². The maximum absolute atomic E-state index is 13.7. The van der Waals surface area contributed by atoms with E-state index >= 15 is 0 Å². The smallest absolute Gasteiger partial charge is 0.222 e. The van der Waals surface area contributed by atoms with Crippen LogP contribution >= 0.6 is 0 Å². The SMILES string of the molecule is CC(C)(C)C(=O)CCCC(=O)NC(COCCC(=O)NCCCCC(=O)CCO[C@@H]1OC(CO)[C@@H](O)[C@H](O)C1O)(COCCC(=O)NCCCNC(=O)CCCCO[C@@H]1OC(CO)[C@@H](O)[C@H](O)C1O)COCCC(=O)NCCCNC(=O)CCCCO[C@@H]1OC(CO)[C@@H](O)[C@H](O)C1O. The van der Waals surface area contributed by atoms with Crippen LogP contribution in [0.2, 0.25) is 0 Å². The number of hydrogen-bond donors (Lipinski definition) is 18. The van der Waals surface area contributed by atoms with Gasteiger partial charge in [0, 0.05) is 109 Å². The molecule has 35 nitrogen and oxygen atoms in total. The third-order valence-electron chi connectivity index (χ3n) is 16.2. The Morgan fingerprint density at radius 3 is 1.02 bits per heavy atom. The zero-order chi connectivity index (χ0) is 72.6. The molecule has 0 aromatic heterocycles. The highest BCUT2D eigenvalue weighted by Gasteiger charge is 2.46. The first-order valence-corrected chi connectivity index (χ1v) is 33.9. The van der Waals surface area contributed by atoms with Gasteiger partial charge in [-0.25, -0.2) is 0 Å². The molecule has 98 heavy (non-hydrogen) atoms. The van der Waals surface area contributed by atoms with Gasteiger partial charge in [0.05, 0.1) is 66.1 Å². The number of unbranched alkanes of at least 4 members (excludes halogenated alkanes) is 3. The van der Waals surface area contributed by atoms with Crippen molar-refractivity contribution in [2.75, 3.05) is 112 Å². The summed E-state index contributed by atoms with van der Waals surface area (Å²) in [6.45, 7) is 3.32. The number of aliphatic hydroxyl groups excluding tert-OH is 12. The van der Waals surface area contributed by atoms with Crippen LogP contribution in [0.5, 0.6) is 0 Å². The molecule has 0 bridgehead atoms. The topological polar surface area (TPSA) is 535 Å². The largest absolute Gasteiger partial charge is 0.394 e. The third-order valence-corrected chi connectivity index (χ3v) is 16.2. The Balaban J connectivity index is 1.50. The summed E-state index contributed by atoms with van der Waals surface area (Å²) in [6, 6.07) is 0. The molecular formula is C63H112N6O29. The molecule has 0 saturated carbocycles. The second-order valence-electron chi connectivity index (χ2n) is 25.6. The van der Waals surface area contributed by atoms with E-state index in [2.05, 4.69) is 31.9 Å². The number of rotatable bonds is 52. The Kier molecular flexibility index (Phi) is 43.1. The summed E-state index contributed by atoms with van der Waals surface area (Å²) >= 11 is 0. The number of nitrogens with one attached hydrogen (secondary N) is 6. The van der Waals surface area contributed by atoms with Gasteiger partial charge >= 0.3 is 0 Å². The number of ether oxygens (including phenoxy) is 9. The van der Waals surface area contributed by atoms with Crippen molar-refractivity contribution in [1.29, 1.82) is 0 Å². The molecule has 0 spiro atoms. The van der Waals surface area contributed by atoms with E-state index in [0.29, 0.717) is 51.4 Å². The van der Waals surface area contributed by atoms with Crippen LogP contribution in [0, 0.1) is 5.41 Å². The van der Waals surface area contributed by atoms with E-state index in [1.807, 2.05) is 0 Å². The lowest BCUT2D eigenvalue weighted by molar-refractivity contribution is -0.301. The molecule has 3 rings (SSSR count). The highest BCUT2D eigenvalue weighted by Crippen LogP contribution is 2.26. The minimum absolute atomic E-state index is 0.0496. The average molecular weight is 1420 g/mol. The van der Waals surface area contributed by atoms with Gasteiger partial charge < -0.3 is 136 Å². The maximum atomic E-state index is 13.7. The molecule has 6 unspecified atom stereocenters. The van der Waals surface area contributed by atoms with Crippen molar-refractivity contribution in [2.24, 2.45) is 5.41 Å². The van der Waals surface area contributed by atoms with Gasteiger partial charge in [-0.05, 0) is 57.8 Å². The minimum Gasteiger partial charge on any atom is -0.394 e. The van der Waals surface area contributed by atoms with E-state index in [9.17, 15) is 99.6 Å². The van der Waals surface area contributed by atoms with Crippen molar-refractivity contribution in [3.8, 4) is 0 Å². The average Bonchev–Trinajstić information content (AvgIpc) is 0.842. The van der Waals surface area contributed by atoms with Crippen LogP contribution in [0.1, 0.15) is 136 Å². The first-order chi connectivity index (χ1) is 46.7. The fourth-order valence-electron chi connectivity index (χ4n) is 10.1. The lowest BCUT2D eigenvalue weighted by Crippen LogP contribution is -2.59. The Labute approximate surface area is 570 Å². The number of hydrogen-bond acceptors (Lipinski definition) is 29. The number of carbonyl (C=O) groups is 8. The molecular weight excluding hydrogens is 1300 g/mol. The molecule has 6 amide bonds. The van der Waals surface area contributed by atoms with Gasteiger partial charge in [-0.1, -0.05) is 20.8 Å². The highest BCUT2D eigenvalue weighted by atomic mass is 16.7. The highest BCUT2D eigenvalue weighted by molar-refractivity contribution is 5.84. The van der Waals surface area contributed by atoms with Crippen LogP contribution in [0.4, 0.5) is 0 Å². The molecule has 568 valence electrons. The van der Waals surface area contributed by atoms with Crippen LogP contribution in [-0.4, -0.2) is 318 Å². The molecule has 18 N–H and O–H groups in total. The lowest BCUT2D eigenvalue weighted by Gasteiger charge is -2.39. The first kappa shape index (κ1) is 87.5. The molecule has 0 aromatic rings. The molecule has 0 radical (unpaired) electrons. The molecule has 3 fully saturated rings. The zero-order valence-electron chi connectivity index (χ0n) is 56.7. The van der Waals surface area contributed by atoms with Crippen molar-refractivity contribution >= 4 is 47.0 Å². The van der Waals surface area contributed by atoms with Gasteiger partial charge in [0.1, 0.15) is 90.4 Å². The predicted molar refractivity (Wildman–Crippen MR) is 340 cm³/mol. The van der Waals surface area contributed by atoms with Crippen LogP contribution in [0.15, 0.2) is 0 Å². The van der Waals surface area contributed by atoms with E-state index < -0.39 is 129 Å². The normalized spacial score (nSPS) is 26.3. The fraction of sp³-hybridized carbons (Fsp3) is 0.873. The molecule has 0 aromatic carbocycles. The Morgan fingerprint density at radius 1 is 0.337 bits per heavy atom. The molecule has 0 aliphatic carbocycles. The van der Waals surface area contributed by atoms with Gasteiger partial charge in [0.2, 0.25) is 35.4 Å². The van der Waals surface area contributed by atoms with E-state index in [-0.39, 0.29) is 197 Å². The van der Waals surface area contributed by atoms with Crippen LogP contribution in [0.25, 0.3) is 0 Å². The van der Waals surface area contributed by atoms with E-state index in [0.717, 1.165) is 0 Å². The quantitative estimate of drug-likeness (QED) is 0.0252. The summed E-state index contributed by atoms with van der Waals surface area (Å²) in [7, 11) is 0. The number of carbonyl (C=O) groups excluding carboxylic acids is 8. The molecule has 3 aliphatic heterocycles. The summed E-state index contributed by atoms with van der Waals surface area (Å²) in [5.41, 5.74) is -2.10. The maximum Gasteiger partial charge on any atom is 0.222 e. The summed E-state index contributed by atoms with van der Waals surface area (Å²) in [5, 5.41) is 135. The second kappa shape index (κ2) is 48.2. The van der Waals surface area contributed by atoms with Crippen LogP contribution in [-0.2, 0) is 81.0 Å². The minimum atomic E-state index is -1.62. The fourth-order valence-corrected chi connectivity index (χ4v) is 10.1. The monoisotopic (exact) mass is 1420 g/mol. The van der Waals surface area contributed by atoms with Crippen molar-refractivity contribution in [3.05, 3.63) is 0 Å². The Hall–Kier alpha value is -4.68. The summed E-state index contributed by atoms with van der Waals surface area (Å²) in [5.74, 6) is -2.38. The van der Waals surface area contributed by atoms with Gasteiger partial charge in [-0.15, -0.1) is 0 Å². The summed E-state index contributed by atoms with van der Waals surface area (Å²) < 4.78 is 50.2. The number of amides is 6. The molecule has 3 heterocycles. The van der Waals surface area contributed by atoms with Gasteiger partial charge in [-0.2, -0.15) is 0 Å². The van der Waals surface area contributed by atoms with Crippen molar-refractivity contribution in [1.82, 2.24) is 31.9 Å².